The van der Waals surface area contributed by atoms with Gasteiger partial charge >= 0.3 is 0 Å². The molecule has 0 aliphatic carbocycles. The van der Waals surface area contributed by atoms with Crippen LogP contribution in [0.3, 0.4) is 0 Å². The van der Waals surface area contributed by atoms with Crippen LogP contribution in [0.4, 0.5) is 0 Å². The van der Waals surface area contributed by atoms with Gasteiger partial charge < -0.3 is 14.0 Å². The van der Waals surface area contributed by atoms with Gasteiger partial charge in [-0.25, -0.2) is 8.42 Å². The number of rotatable bonds is 5. The Morgan fingerprint density at radius 3 is 2.59 bits per heavy atom. The van der Waals surface area contributed by atoms with Crippen LogP contribution in [0, 0.1) is 6.92 Å². The molecule has 0 bridgehead atoms. The van der Waals surface area contributed by atoms with Gasteiger partial charge in [0.1, 0.15) is 17.6 Å². The summed E-state index contributed by atoms with van der Waals surface area (Å²) in [4.78, 5) is 12.0. The van der Waals surface area contributed by atoms with E-state index < -0.39 is 10.0 Å². The highest BCUT2D eigenvalue weighted by Gasteiger charge is 2.34. The molecule has 0 amide bonds. The van der Waals surface area contributed by atoms with Crippen molar-refractivity contribution in [2.24, 2.45) is 7.05 Å². The van der Waals surface area contributed by atoms with Crippen molar-refractivity contribution in [2.75, 3.05) is 20.2 Å². The summed E-state index contributed by atoms with van der Waals surface area (Å²) in [6.45, 7) is 2.35. The van der Waals surface area contributed by atoms with E-state index in [4.69, 9.17) is 21.1 Å². The van der Waals surface area contributed by atoms with Crippen LogP contribution in [0.25, 0.3) is 0 Å². The van der Waals surface area contributed by atoms with Crippen molar-refractivity contribution in [3.63, 3.8) is 0 Å². The molecule has 0 spiro atoms. The molecule has 1 aromatic heterocycles. The molecule has 1 atom stereocenters. The van der Waals surface area contributed by atoms with E-state index in [-0.39, 0.29) is 28.1 Å². The number of halogens is 1. The number of aryl methyl sites for hydroxylation is 1. The number of hydrogen-bond donors (Lipinski definition) is 0. The number of sulfonamides is 1. The predicted octanol–water partition coefficient (Wildman–Crippen LogP) is 2.20. The number of methoxy groups -OCH3 is 1. The van der Waals surface area contributed by atoms with E-state index in [1.165, 1.54) is 40.2 Å². The van der Waals surface area contributed by atoms with Gasteiger partial charge in [-0.1, -0.05) is 11.6 Å². The Bertz CT molecular complexity index is 1020. The molecule has 9 heteroatoms. The molecule has 2 aromatic rings. The summed E-state index contributed by atoms with van der Waals surface area (Å²) in [5, 5.41) is 0.237. The minimum Gasteiger partial charge on any atom is -0.495 e. The zero-order valence-corrected chi connectivity index (χ0v) is 16.9. The molecular weight excluding hydrogens is 392 g/mol. The van der Waals surface area contributed by atoms with Gasteiger partial charge in [0.25, 0.3) is 5.56 Å². The van der Waals surface area contributed by atoms with Crippen LogP contribution in [0.15, 0.2) is 40.0 Å². The van der Waals surface area contributed by atoms with E-state index in [2.05, 4.69) is 0 Å². The lowest BCUT2D eigenvalue weighted by molar-refractivity contribution is 0.214. The third-order valence-corrected chi connectivity index (χ3v) is 6.80. The summed E-state index contributed by atoms with van der Waals surface area (Å²) in [6, 6.07) is 7.56. The Hall–Kier alpha value is -2.03. The lowest BCUT2D eigenvalue weighted by Crippen LogP contribution is -2.31. The van der Waals surface area contributed by atoms with Crippen molar-refractivity contribution in [1.82, 2.24) is 8.87 Å². The van der Waals surface area contributed by atoms with Crippen molar-refractivity contribution < 1.29 is 17.9 Å². The Balaban J connectivity index is 1.75. The maximum atomic E-state index is 12.9. The Morgan fingerprint density at radius 1 is 1.22 bits per heavy atom. The van der Waals surface area contributed by atoms with Crippen molar-refractivity contribution in [2.45, 2.75) is 24.3 Å². The Labute approximate surface area is 163 Å². The van der Waals surface area contributed by atoms with Crippen molar-refractivity contribution in [3.05, 3.63) is 51.4 Å². The van der Waals surface area contributed by atoms with Gasteiger partial charge in [0.05, 0.1) is 23.6 Å². The topological polar surface area (TPSA) is 77.8 Å². The molecule has 27 heavy (non-hydrogen) atoms. The lowest BCUT2D eigenvalue weighted by Gasteiger charge is -2.18. The first kappa shape index (κ1) is 19.7. The maximum absolute atomic E-state index is 12.9. The van der Waals surface area contributed by atoms with Crippen LogP contribution in [0.5, 0.6) is 11.5 Å². The SMILES string of the molecule is COc1ccc(S(=O)(=O)N2CC[C@H](Oc3cc(C)n(C)c(=O)c3)C2)cc1Cl. The molecule has 0 N–H and O–H groups in total. The molecule has 0 radical (unpaired) electrons. The number of hydrogen-bond acceptors (Lipinski definition) is 5. The minimum absolute atomic E-state index is 0.110. The van der Waals surface area contributed by atoms with Gasteiger partial charge in [0, 0.05) is 25.4 Å². The summed E-state index contributed by atoms with van der Waals surface area (Å²) < 4.78 is 39.5. The molecule has 1 fully saturated rings. The minimum atomic E-state index is -3.69. The number of aromatic nitrogens is 1. The lowest BCUT2D eigenvalue weighted by atomic mass is 10.3. The third kappa shape index (κ3) is 3.97. The summed E-state index contributed by atoms with van der Waals surface area (Å²) in [6.07, 6.45) is 0.220. The average Bonchev–Trinajstić information content (AvgIpc) is 3.08. The predicted molar refractivity (Wildman–Crippen MR) is 102 cm³/mol. The number of benzene rings is 1. The third-order valence-electron chi connectivity index (χ3n) is 4.65. The largest absolute Gasteiger partial charge is 0.495 e. The van der Waals surface area contributed by atoms with Crippen LogP contribution < -0.4 is 15.0 Å². The molecule has 0 unspecified atom stereocenters. The van der Waals surface area contributed by atoms with Crippen LogP contribution in [0.2, 0.25) is 5.02 Å². The van der Waals surface area contributed by atoms with E-state index >= 15 is 0 Å². The first-order chi connectivity index (χ1) is 12.7. The van der Waals surface area contributed by atoms with Crippen LogP contribution in [-0.4, -0.2) is 43.6 Å². The molecule has 0 saturated carbocycles. The zero-order chi connectivity index (χ0) is 19.8. The fourth-order valence-corrected chi connectivity index (χ4v) is 4.80. The van der Waals surface area contributed by atoms with Crippen LogP contribution >= 0.6 is 11.6 Å². The van der Waals surface area contributed by atoms with Gasteiger partial charge in [-0.2, -0.15) is 4.31 Å². The summed E-state index contributed by atoms with van der Waals surface area (Å²) in [5.41, 5.74) is 0.605. The highest BCUT2D eigenvalue weighted by Crippen LogP contribution is 2.30. The maximum Gasteiger partial charge on any atom is 0.254 e. The molecule has 1 saturated heterocycles. The summed E-state index contributed by atoms with van der Waals surface area (Å²) in [7, 11) is -0.532. The fraction of sp³-hybridized carbons (Fsp3) is 0.389. The van der Waals surface area contributed by atoms with E-state index in [0.717, 1.165) is 5.69 Å². The number of nitrogens with zero attached hydrogens (tertiary/aromatic N) is 2. The van der Waals surface area contributed by atoms with Gasteiger partial charge in [0.2, 0.25) is 10.0 Å². The molecule has 146 valence electrons. The van der Waals surface area contributed by atoms with Gasteiger partial charge in [-0.3, -0.25) is 4.79 Å². The van der Waals surface area contributed by atoms with Gasteiger partial charge in [0.15, 0.2) is 0 Å². The monoisotopic (exact) mass is 412 g/mol. The second kappa shape index (κ2) is 7.53. The smallest absolute Gasteiger partial charge is 0.254 e. The van der Waals surface area contributed by atoms with Crippen molar-refractivity contribution in [3.8, 4) is 11.5 Å². The first-order valence-electron chi connectivity index (χ1n) is 8.40. The molecule has 1 aromatic carbocycles. The van der Waals surface area contributed by atoms with Crippen molar-refractivity contribution >= 4 is 21.6 Å². The average molecular weight is 413 g/mol. The molecular formula is C18H21ClN2O5S. The molecule has 3 rings (SSSR count). The molecule has 1 aliphatic rings. The highest BCUT2D eigenvalue weighted by atomic mass is 35.5. The summed E-state index contributed by atoms with van der Waals surface area (Å²) >= 11 is 6.06. The van der Waals surface area contributed by atoms with E-state index in [0.29, 0.717) is 24.5 Å². The number of pyridine rings is 1. The fourth-order valence-electron chi connectivity index (χ4n) is 2.97. The van der Waals surface area contributed by atoms with E-state index in [9.17, 15) is 13.2 Å². The summed E-state index contributed by atoms with van der Waals surface area (Å²) in [5.74, 6) is 0.867. The van der Waals surface area contributed by atoms with E-state index in [1.807, 2.05) is 6.92 Å². The molecule has 7 nitrogen and oxygen atoms in total. The van der Waals surface area contributed by atoms with Gasteiger partial charge in [-0.05, 0) is 37.6 Å². The highest BCUT2D eigenvalue weighted by molar-refractivity contribution is 7.89. The van der Waals surface area contributed by atoms with Gasteiger partial charge in [-0.15, -0.1) is 0 Å². The van der Waals surface area contributed by atoms with E-state index in [1.54, 1.807) is 13.1 Å². The molecule has 2 heterocycles. The second-order valence-electron chi connectivity index (χ2n) is 6.42. The molecule has 1 aliphatic heterocycles. The first-order valence-corrected chi connectivity index (χ1v) is 10.2. The zero-order valence-electron chi connectivity index (χ0n) is 15.3. The van der Waals surface area contributed by atoms with Crippen molar-refractivity contribution in [1.29, 1.82) is 0 Å². The normalized spacial score (nSPS) is 17.9. The number of ether oxygens (including phenoxy) is 2. The Morgan fingerprint density at radius 2 is 1.96 bits per heavy atom. The van der Waals surface area contributed by atoms with Crippen LogP contribution in [-0.2, 0) is 17.1 Å². The Kier molecular flexibility index (Phi) is 5.50. The van der Waals surface area contributed by atoms with Crippen LogP contribution in [0.1, 0.15) is 12.1 Å². The second-order valence-corrected chi connectivity index (χ2v) is 8.76. The standard InChI is InChI=1S/C18H21ClN2O5S/c1-12-8-14(9-18(22)20(12)2)26-13-6-7-21(11-13)27(23,24)15-4-5-17(25-3)16(19)10-15/h4-5,8-10,13H,6-7,11H2,1-3H3/t13-/m0/s1. The quantitative estimate of drug-likeness (QED) is 0.752.